The van der Waals surface area contributed by atoms with Gasteiger partial charge >= 0.3 is 0 Å². The minimum Gasteiger partial charge on any atom is -0.493 e. The molecule has 2 aromatic rings. The van der Waals surface area contributed by atoms with Crippen LogP contribution in [0.25, 0.3) is 10.8 Å². The molecule has 1 saturated carbocycles. The summed E-state index contributed by atoms with van der Waals surface area (Å²) in [5, 5.41) is 2.56. The molecule has 1 aliphatic rings. The van der Waals surface area contributed by atoms with E-state index in [4.69, 9.17) is 4.74 Å². The van der Waals surface area contributed by atoms with Gasteiger partial charge in [-0.15, -0.1) is 0 Å². The van der Waals surface area contributed by atoms with Crippen LogP contribution >= 0.6 is 0 Å². The van der Waals surface area contributed by atoms with Crippen molar-refractivity contribution in [3.63, 3.8) is 0 Å². The lowest BCUT2D eigenvalue weighted by molar-refractivity contribution is 0.269. The molecule has 0 aromatic heterocycles. The maximum absolute atomic E-state index is 6.12. The summed E-state index contributed by atoms with van der Waals surface area (Å²) in [6.07, 6.45) is 9.70. The molecule has 1 fully saturated rings. The minimum absolute atomic E-state index is 0.859. The summed E-state index contributed by atoms with van der Waals surface area (Å²) < 4.78 is 6.12. The van der Waals surface area contributed by atoms with Crippen molar-refractivity contribution in [1.29, 1.82) is 0 Å². The highest BCUT2D eigenvalue weighted by Crippen LogP contribution is 2.29. The van der Waals surface area contributed by atoms with E-state index in [1.54, 1.807) is 0 Å². The summed E-state index contributed by atoms with van der Waals surface area (Å²) in [5.74, 6) is 1.93. The van der Waals surface area contributed by atoms with Crippen molar-refractivity contribution >= 4 is 10.8 Å². The van der Waals surface area contributed by atoms with E-state index in [0.29, 0.717) is 0 Å². The van der Waals surface area contributed by atoms with Crippen LogP contribution in [0.5, 0.6) is 5.75 Å². The highest BCUT2D eigenvalue weighted by molar-refractivity contribution is 5.90. The molecule has 0 spiro atoms. The molecule has 0 bridgehead atoms. The Balaban J connectivity index is 1.64. The van der Waals surface area contributed by atoms with E-state index >= 15 is 0 Å². The van der Waals surface area contributed by atoms with Crippen LogP contribution in [0.4, 0.5) is 0 Å². The lowest BCUT2D eigenvalue weighted by Crippen LogP contribution is -2.06. The van der Waals surface area contributed by atoms with Gasteiger partial charge in [0.1, 0.15) is 5.75 Å². The number of ether oxygens (including phenoxy) is 1. The Morgan fingerprint density at radius 1 is 0.905 bits per heavy atom. The lowest BCUT2D eigenvalue weighted by Gasteiger charge is -2.15. The fraction of sp³-hybridized carbons (Fsp3) is 0.500. The zero-order valence-electron chi connectivity index (χ0n) is 13.1. The zero-order valence-corrected chi connectivity index (χ0v) is 13.1. The van der Waals surface area contributed by atoms with Crippen molar-refractivity contribution in [2.24, 2.45) is 5.92 Å². The van der Waals surface area contributed by atoms with Crippen LogP contribution in [-0.4, -0.2) is 6.61 Å². The van der Waals surface area contributed by atoms with Crippen LogP contribution < -0.4 is 4.74 Å². The Hall–Kier alpha value is -1.50. The first-order valence-electron chi connectivity index (χ1n) is 8.46. The van der Waals surface area contributed by atoms with Crippen molar-refractivity contribution in [2.75, 3.05) is 6.61 Å². The summed E-state index contributed by atoms with van der Waals surface area (Å²) in [7, 11) is 0. The molecule has 1 nitrogen and oxygen atoms in total. The zero-order chi connectivity index (χ0) is 14.5. The van der Waals surface area contributed by atoms with Crippen LogP contribution in [0.1, 0.15) is 50.5 Å². The Morgan fingerprint density at radius 2 is 1.62 bits per heavy atom. The molecular formula is C20H26O. The van der Waals surface area contributed by atoms with E-state index in [0.717, 1.165) is 18.3 Å². The first-order chi connectivity index (χ1) is 10.3. The lowest BCUT2D eigenvalue weighted by atomic mass is 9.97. The van der Waals surface area contributed by atoms with Crippen LogP contribution in [0.3, 0.4) is 0 Å². The van der Waals surface area contributed by atoms with Gasteiger partial charge in [-0.2, -0.15) is 0 Å². The molecule has 0 heterocycles. The molecule has 0 amide bonds. The topological polar surface area (TPSA) is 9.23 Å². The van der Waals surface area contributed by atoms with Gasteiger partial charge in [-0.1, -0.05) is 68.9 Å². The molecule has 0 aliphatic heterocycles. The van der Waals surface area contributed by atoms with Crippen LogP contribution in [0.2, 0.25) is 0 Å². The third kappa shape index (κ3) is 3.58. The first-order valence-corrected chi connectivity index (χ1v) is 8.46. The summed E-state index contributed by atoms with van der Waals surface area (Å²) >= 11 is 0. The van der Waals surface area contributed by atoms with Crippen LogP contribution in [0.15, 0.2) is 36.4 Å². The molecule has 3 rings (SSSR count). The predicted molar refractivity (Wildman–Crippen MR) is 90.0 cm³/mol. The van der Waals surface area contributed by atoms with Crippen molar-refractivity contribution in [3.8, 4) is 5.75 Å². The van der Waals surface area contributed by atoms with Crippen molar-refractivity contribution in [1.82, 2.24) is 0 Å². The quantitative estimate of drug-likeness (QED) is 0.635. The van der Waals surface area contributed by atoms with Gasteiger partial charge in [0.25, 0.3) is 0 Å². The maximum atomic E-state index is 6.12. The molecule has 1 aliphatic carbocycles. The molecule has 0 radical (unpaired) electrons. The normalized spacial score (nSPS) is 16.8. The Bertz CT molecular complexity index is 579. The monoisotopic (exact) mass is 282 g/mol. The third-order valence-corrected chi connectivity index (χ3v) is 4.86. The van der Waals surface area contributed by atoms with Crippen LogP contribution in [-0.2, 0) is 0 Å². The summed E-state index contributed by atoms with van der Waals surface area (Å²) in [4.78, 5) is 0. The van der Waals surface area contributed by atoms with E-state index in [9.17, 15) is 0 Å². The Labute approximate surface area is 128 Å². The van der Waals surface area contributed by atoms with E-state index in [2.05, 4.69) is 43.3 Å². The average molecular weight is 282 g/mol. The van der Waals surface area contributed by atoms with Crippen molar-refractivity contribution in [3.05, 3.63) is 42.0 Å². The smallest absolute Gasteiger partial charge is 0.127 e. The molecule has 0 saturated heterocycles. The van der Waals surface area contributed by atoms with Crippen molar-refractivity contribution in [2.45, 2.75) is 51.9 Å². The number of fused-ring (bicyclic) bond motifs is 1. The van der Waals surface area contributed by atoms with Gasteiger partial charge in [0.2, 0.25) is 0 Å². The van der Waals surface area contributed by atoms with Gasteiger partial charge in [0.15, 0.2) is 0 Å². The number of hydrogen-bond acceptors (Lipinski definition) is 1. The van der Waals surface area contributed by atoms with Gasteiger partial charge < -0.3 is 4.74 Å². The van der Waals surface area contributed by atoms with E-state index < -0.39 is 0 Å². The maximum Gasteiger partial charge on any atom is 0.127 e. The Kier molecular flexibility index (Phi) is 4.80. The second-order valence-electron chi connectivity index (χ2n) is 6.42. The number of rotatable bonds is 4. The van der Waals surface area contributed by atoms with Gasteiger partial charge in [0, 0.05) is 5.39 Å². The molecule has 0 unspecified atom stereocenters. The highest BCUT2D eigenvalue weighted by Gasteiger charge is 2.12. The second kappa shape index (κ2) is 6.98. The highest BCUT2D eigenvalue weighted by atomic mass is 16.5. The molecule has 0 atom stereocenters. The van der Waals surface area contributed by atoms with E-state index in [-0.39, 0.29) is 0 Å². The summed E-state index contributed by atoms with van der Waals surface area (Å²) in [5.41, 5.74) is 1.32. The standard InChI is InChI=1S/C20H26O/c1-16-12-13-20(19-11-7-6-10-18(16)19)21-15-14-17-8-4-2-3-5-9-17/h6-7,10-13,17H,2-5,8-9,14-15H2,1H3. The van der Waals surface area contributed by atoms with Gasteiger partial charge in [-0.25, -0.2) is 0 Å². The van der Waals surface area contributed by atoms with Gasteiger partial charge in [0.05, 0.1) is 6.61 Å². The van der Waals surface area contributed by atoms with E-state index in [1.807, 2.05) is 0 Å². The molecule has 112 valence electrons. The SMILES string of the molecule is Cc1ccc(OCCC2CCCCCC2)c2ccccc12. The second-order valence-corrected chi connectivity index (χ2v) is 6.42. The summed E-state index contributed by atoms with van der Waals surface area (Å²) in [6.45, 7) is 3.02. The van der Waals surface area contributed by atoms with Gasteiger partial charge in [-0.05, 0) is 36.3 Å². The van der Waals surface area contributed by atoms with Crippen molar-refractivity contribution < 1.29 is 4.74 Å². The number of aryl methyl sites for hydroxylation is 1. The predicted octanol–water partition coefficient (Wildman–Crippen LogP) is 5.89. The largest absolute Gasteiger partial charge is 0.493 e. The molecule has 0 N–H and O–H groups in total. The third-order valence-electron chi connectivity index (χ3n) is 4.86. The fourth-order valence-electron chi connectivity index (χ4n) is 3.54. The van der Waals surface area contributed by atoms with E-state index in [1.165, 1.54) is 61.3 Å². The summed E-state index contributed by atoms with van der Waals surface area (Å²) in [6, 6.07) is 12.9. The average Bonchev–Trinajstić information content (AvgIpc) is 2.79. The number of hydrogen-bond donors (Lipinski definition) is 0. The van der Waals surface area contributed by atoms with Crippen LogP contribution in [0, 0.1) is 12.8 Å². The first kappa shape index (κ1) is 14.4. The molecular weight excluding hydrogens is 256 g/mol. The molecule has 1 heteroatoms. The number of benzene rings is 2. The van der Waals surface area contributed by atoms with Gasteiger partial charge in [-0.3, -0.25) is 0 Å². The Morgan fingerprint density at radius 3 is 2.38 bits per heavy atom. The fourth-order valence-corrected chi connectivity index (χ4v) is 3.54. The molecule has 2 aromatic carbocycles. The molecule has 21 heavy (non-hydrogen) atoms. The minimum atomic E-state index is 0.859.